The Bertz CT molecular complexity index is 576. The smallest absolute Gasteiger partial charge is 0.267 e. The zero-order valence-corrected chi connectivity index (χ0v) is 12.3. The zero-order chi connectivity index (χ0) is 13.0. The molecule has 2 heterocycles. The van der Waals surface area contributed by atoms with Crippen LogP contribution in [0, 0.1) is 6.92 Å². The molecule has 0 saturated heterocycles. The molecule has 4 nitrogen and oxygen atoms in total. The van der Waals surface area contributed by atoms with Crippen molar-refractivity contribution in [2.45, 2.75) is 43.9 Å². The second-order valence-electron chi connectivity index (χ2n) is 4.21. The molecule has 18 heavy (non-hydrogen) atoms. The van der Waals surface area contributed by atoms with E-state index in [0.717, 1.165) is 15.8 Å². The fraction of sp³-hybridized carbons (Fsp3) is 0.583. The van der Waals surface area contributed by atoms with Gasteiger partial charge in [-0.1, -0.05) is 49.3 Å². The van der Waals surface area contributed by atoms with Gasteiger partial charge in [0.1, 0.15) is 0 Å². The summed E-state index contributed by atoms with van der Waals surface area (Å²) in [7, 11) is 0. The summed E-state index contributed by atoms with van der Waals surface area (Å²) in [4.78, 5) is 15.9. The number of nitrogens with zero attached hydrogens (tertiary/aromatic N) is 3. The maximum atomic E-state index is 11.3. The van der Waals surface area contributed by atoms with Crippen molar-refractivity contribution >= 4 is 28.1 Å². The van der Waals surface area contributed by atoms with Gasteiger partial charge in [0.15, 0.2) is 4.34 Å². The Hall–Kier alpha value is -0.880. The van der Waals surface area contributed by atoms with Gasteiger partial charge in [0.05, 0.1) is 0 Å². The molecule has 0 N–H and O–H groups in total. The normalized spacial score (nSPS) is 11.2. The molecule has 0 aliphatic heterocycles. The van der Waals surface area contributed by atoms with Gasteiger partial charge in [0.25, 0.3) is 5.56 Å². The van der Waals surface area contributed by atoms with Crippen molar-refractivity contribution in [1.29, 1.82) is 0 Å². The van der Waals surface area contributed by atoms with Gasteiger partial charge in [-0.2, -0.15) is 4.98 Å². The highest BCUT2D eigenvalue weighted by Gasteiger charge is 2.07. The molecule has 0 aromatic carbocycles. The number of aryl methyl sites for hydroxylation is 1. The Labute approximate surface area is 114 Å². The lowest BCUT2D eigenvalue weighted by Gasteiger charge is -1.96. The molecule has 2 aromatic heterocycles. The van der Waals surface area contributed by atoms with E-state index in [4.69, 9.17) is 0 Å². The molecule has 2 rings (SSSR count). The average molecular weight is 283 g/mol. The third-order valence-electron chi connectivity index (χ3n) is 2.64. The van der Waals surface area contributed by atoms with E-state index in [2.05, 4.69) is 17.0 Å². The maximum Gasteiger partial charge on any atom is 0.274 e. The molecule has 0 aliphatic rings. The number of hydrogen-bond acceptors (Lipinski definition) is 5. The summed E-state index contributed by atoms with van der Waals surface area (Å²) in [5.74, 6) is 1.09. The molecule has 0 bridgehead atoms. The minimum atomic E-state index is -0.185. The van der Waals surface area contributed by atoms with Crippen LogP contribution < -0.4 is 5.56 Å². The zero-order valence-electron chi connectivity index (χ0n) is 10.7. The lowest BCUT2D eigenvalue weighted by molar-refractivity contribution is 0.706. The molecule has 0 unspecified atom stereocenters. The summed E-state index contributed by atoms with van der Waals surface area (Å²) < 4.78 is 2.74. The van der Waals surface area contributed by atoms with Gasteiger partial charge in [-0.05, 0) is 13.3 Å². The predicted octanol–water partition coefficient (Wildman–Crippen LogP) is 3.13. The van der Waals surface area contributed by atoms with E-state index in [1.54, 1.807) is 16.3 Å². The SMILES string of the molecule is CCCCCCSc1nn2c(C)cc(=O)nc2s1. The van der Waals surface area contributed by atoms with Crippen molar-refractivity contribution in [1.82, 2.24) is 14.6 Å². The highest BCUT2D eigenvalue weighted by Crippen LogP contribution is 2.25. The van der Waals surface area contributed by atoms with Gasteiger partial charge >= 0.3 is 0 Å². The first-order valence-electron chi connectivity index (χ1n) is 6.21. The molecule has 98 valence electrons. The van der Waals surface area contributed by atoms with Crippen LogP contribution in [0.5, 0.6) is 0 Å². The van der Waals surface area contributed by atoms with E-state index < -0.39 is 0 Å². The standard InChI is InChI=1S/C12H17N3OS2/c1-3-4-5-6-7-17-12-14-15-9(2)8-10(16)13-11(15)18-12/h8H,3-7H2,1-2H3. The summed E-state index contributed by atoms with van der Waals surface area (Å²) in [6.07, 6.45) is 5.06. The number of fused-ring (bicyclic) bond motifs is 1. The van der Waals surface area contributed by atoms with Crippen LogP contribution >= 0.6 is 23.1 Å². The second kappa shape index (κ2) is 6.33. The summed E-state index contributed by atoms with van der Waals surface area (Å²) in [5, 5.41) is 4.47. The predicted molar refractivity (Wildman–Crippen MR) is 76.7 cm³/mol. The van der Waals surface area contributed by atoms with Gasteiger partial charge < -0.3 is 0 Å². The third kappa shape index (κ3) is 3.32. The van der Waals surface area contributed by atoms with Crippen LogP contribution in [0.2, 0.25) is 0 Å². The minimum Gasteiger partial charge on any atom is -0.267 e. The lowest BCUT2D eigenvalue weighted by Crippen LogP contribution is -2.08. The Kier molecular flexibility index (Phi) is 4.77. The number of aromatic nitrogens is 3. The van der Waals surface area contributed by atoms with Crippen LogP contribution in [0.25, 0.3) is 4.96 Å². The molecule has 0 fully saturated rings. The van der Waals surface area contributed by atoms with E-state index >= 15 is 0 Å². The van der Waals surface area contributed by atoms with Crippen LogP contribution in [-0.2, 0) is 0 Å². The Balaban J connectivity index is 2.02. The van der Waals surface area contributed by atoms with E-state index in [9.17, 15) is 4.79 Å². The van der Waals surface area contributed by atoms with Crippen LogP contribution in [0.3, 0.4) is 0 Å². The fourth-order valence-electron chi connectivity index (χ4n) is 1.68. The molecule has 0 aliphatic carbocycles. The van der Waals surface area contributed by atoms with E-state index in [-0.39, 0.29) is 5.56 Å². The van der Waals surface area contributed by atoms with E-state index in [1.807, 2.05) is 6.92 Å². The molecular weight excluding hydrogens is 266 g/mol. The third-order valence-corrected chi connectivity index (χ3v) is 4.77. The number of thioether (sulfide) groups is 1. The van der Waals surface area contributed by atoms with Crippen LogP contribution in [-0.4, -0.2) is 20.4 Å². The Morgan fingerprint density at radius 2 is 2.22 bits per heavy atom. The highest BCUT2D eigenvalue weighted by molar-refractivity contribution is 8.01. The molecule has 0 spiro atoms. The van der Waals surface area contributed by atoms with Crippen molar-refractivity contribution in [2.24, 2.45) is 0 Å². The summed E-state index contributed by atoms with van der Waals surface area (Å²) in [6.45, 7) is 4.10. The minimum absolute atomic E-state index is 0.185. The van der Waals surface area contributed by atoms with Crippen molar-refractivity contribution < 1.29 is 0 Å². The van der Waals surface area contributed by atoms with Crippen molar-refractivity contribution in [3.63, 3.8) is 0 Å². The first kappa shape index (κ1) is 13.5. The molecule has 0 saturated carbocycles. The van der Waals surface area contributed by atoms with Crippen LogP contribution in [0.1, 0.15) is 38.3 Å². The number of hydrogen-bond donors (Lipinski definition) is 0. The van der Waals surface area contributed by atoms with Gasteiger partial charge in [-0.3, -0.25) is 4.79 Å². The largest absolute Gasteiger partial charge is 0.274 e. The Morgan fingerprint density at radius 3 is 3.00 bits per heavy atom. The Morgan fingerprint density at radius 1 is 1.39 bits per heavy atom. The topological polar surface area (TPSA) is 47.3 Å². The van der Waals surface area contributed by atoms with Crippen molar-refractivity contribution in [2.75, 3.05) is 5.75 Å². The fourth-order valence-corrected chi connectivity index (χ4v) is 3.74. The highest BCUT2D eigenvalue weighted by atomic mass is 32.2. The van der Waals surface area contributed by atoms with Gasteiger partial charge in [-0.25, -0.2) is 4.52 Å². The van der Waals surface area contributed by atoms with E-state index in [1.165, 1.54) is 43.1 Å². The molecule has 2 aromatic rings. The summed E-state index contributed by atoms with van der Waals surface area (Å²) in [6, 6.07) is 1.52. The quantitative estimate of drug-likeness (QED) is 0.603. The number of unbranched alkanes of at least 4 members (excludes halogenated alkanes) is 3. The molecule has 0 atom stereocenters. The van der Waals surface area contributed by atoms with Crippen LogP contribution in [0.4, 0.5) is 0 Å². The monoisotopic (exact) mass is 283 g/mol. The first-order chi connectivity index (χ1) is 8.70. The molecular formula is C12H17N3OS2. The van der Waals surface area contributed by atoms with Gasteiger partial charge in [-0.15, -0.1) is 5.10 Å². The summed E-state index contributed by atoms with van der Waals surface area (Å²) in [5.41, 5.74) is 0.662. The first-order valence-corrected chi connectivity index (χ1v) is 8.01. The lowest BCUT2D eigenvalue weighted by atomic mass is 10.2. The molecule has 0 radical (unpaired) electrons. The number of rotatable bonds is 6. The molecule has 0 amide bonds. The van der Waals surface area contributed by atoms with Gasteiger partial charge in [0, 0.05) is 17.5 Å². The molecule has 6 heteroatoms. The van der Waals surface area contributed by atoms with Crippen molar-refractivity contribution in [3.05, 3.63) is 22.1 Å². The average Bonchev–Trinajstić information content (AvgIpc) is 2.72. The van der Waals surface area contributed by atoms with Gasteiger partial charge in [0.2, 0.25) is 4.96 Å². The maximum absolute atomic E-state index is 11.3. The van der Waals surface area contributed by atoms with Crippen LogP contribution in [0.15, 0.2) is 15.2 Å². The summed E-state index contributed by atoms with van der Waals surface area (Å²) >= 11 is 3.25. The second-order valence-corrected chi connectivity index (χ2v) is 6.51. The van der Waals surface area contributed by atoms with Crippen molar-refractivity contribution in [3.8, 4) is 0 Å². The van der Waals surface area contributed by atoms with E-state index in [0.29, 0.717) is 4.96 Å².